The lowest BCUT2D eigenvalue weighted by atomic mass is 9.72. The first-order valence-corrected chi connectivity index (χ1v) is 15.3. The van der Waals surface area contributed by atoms with E-state index in [1.165, 1.54) is 5.71 Å². The van der Waals surface area contributed by atoms with Gasteiger partial charge in [-0.15, -0.1) is 11.6 Å². The van der Waals surface area contributed by atoms with Gasteiger partial charge in [-0.1, -0.05) is 0 Å². The lowest BCUT2D eigenvalue weighted by Crippen LogP contribution is -2.55. The Hall–Kier alpha value is -0.810. The maximum absolute atomic E-state index is 12.7. The highest BCUT2D eigenvalue weighted by atomic mass is 35.5. The van der Waals surface area contributed by atoms with Crippen LogP contribution in [0.5, 0.6) is 0 Å². The van der Waals surface area contributed by atoms with Gasteiger partial charge in [-0.2, -0.15) is 0 Å². The molecule has 2 aliphatic carbocycles. The number of ether oxygens (including phenoxy) is 1. The molecule has 7 atom stereocenters. The van der Waals surface area contributed by atoms with Crippen molar-refractivity contribution in [2.45, 2.75) is 140 Å². The predicted molar refractivity (Wildman–Crippen MR) is 150 cm³/mol. The summed E-state index contributed by atoms with van der Waals surface area (Å²) in [6.45, 7) is 8.61. The van der Waals surface area contributed by atoms with Crippen LogP contribution < -0.4 is 16.2 Å². The highest BCUT2D eigenvalue weighted by Gasteiger charge is 2.50. The van der Waals surface area contributed by atoms with Crippen LogP contribution in [0, 0.1) is 11.8 Å². The first kappa shape index (κ1) is 30.2. The van der Waals surface area contributed by atoms with Crippen molar-refractivity contribution in [3.63, 3.8) is 0 Å². The van der Waals surface area contributed by atoms with Crippen molar-refractivity contribution in [2.75, 3.05) is 13.2 Å². The van der Waals surface area contributed by atoms with Crippen molar-refractivity contribution in [2.24, 2.45) is 16.8 Å². The lowest BCUT2D eigenvalue weighted by Gasteiger charge is -2.44. The van der Waals surface area contributed by atoms with Crippen molar-refractivity contribution < 1.29 is 19.7 Å². The predicted octanol–water partition coefficient (Wildman–Crippen LogP) is 2.68. The summed E-state index contributed by atoms with van der Waals surface area (Å²) in [4.78, 5) is 20.7. The molecule has 0 aromatic rings. The van der Waals surface area contributed by atoms with Crippen LogP contribution in [0.15, 0.2) is 4.99 Å². The van der Waals surface area contributed by atoms with Crippen LogP contribution in [-0.4, -0.2) is 87.5 Å². The Morgan fingerprint density at radius 2 is 1.97 bits per heavy atom. The number of hydrogen-bond acceptors (Lipinski definition) is 8. The minimum absolute atomic E-state index is 0.0252. The normalized spacial score (nSPS) is 37.1. The first-order valence-electron chi connectivity index (χ1n) is 14.9. The Balaban J connectivity index is 1.52. The second kappa shape index (κ2) is 13.2. The van der Waals surface area contributed by atoms with Crippen LogP contribution in [0.25, 0.3) is 0 Å². The smallest absolute Gasteiger partial charge is 0.222 e. The number of aliphatic hydroxyl groups excluding tert-OH is 1. The lowest BCUT2D eigenvalue weighted by molar-refractivity contribution is -0.121. The zero-order chi connectivity index (χ0) is 27.4. The maximum Gasteiger partial charge on any atom is 0.222 e. The number of hydrogen-bond donors (Lipinski definition) is 5. The number of rotatable bonds is 10. The SMILES string of the molecule is CCNC(=O)C[C@@H]1N=C(C2CCC(Cl)CC2)C2CC(OCCCC(O)C(C)(C)O)CCC2N2C(C)NNC12. The molecular weight excluding hydrogens is 506 g/mol. The molecule has 9 nitrogen and oxygen atoms in total. The molecule has 5 N–H and O–H groups in total. The Morgan fingerprint density at radius 3 is 2.66 bits per heavy atom. The highest BCUT2D eigenvalue weighted by Crippen LogP contribution is 2.42. The standard InChI is InChI=1S/C28H50ClN5O4/c1-5-30-25(36)16-22-27-33-32-17(2)34(27)23-13-12-20(38-14-6-7-24(35)28(3,4)37)15-21(23)26(31-22)18-8-10-19(29)11-9-18/h17-24,27,32-33,35,37H,5-16H2,1-4H3,(H,30,36)/t17?,18?,19?,20?,21?,22-,23?,24?,27?/m0/s1. The van der Waals surface area contributed by atoms with Crippen LogP contribution in [0.1, 0.15) is 91.9 Å². The minimum Gasteiger partial charge on any atom is -0.390 e. The van der Waals surface area contributed by atoms with Crippen molar-refractivity contribution >= 4 is 23.2 Å². The summed E-state index contributed by atoms with van der Waals surface area (Å²) in [5.74, 6) is 0.724. The van der Waals surface area contributed by atoms with E-state index in [2.05, 4.69) is 28.0 Å². The van der Waals surface area contributed by atoms with E-state index in [1.807, 2.05) is 6.92 Å². The zero-order valence-corrected chi connectivity index (χ0v) is 24.4. The van der Waals surface area contributed by atoms with Crippen molar-refractivity contribution in [3.8, 4) is 0 Å². The zero-order valence-electron chi connectivity index (χ0n) is 23.7. The average Bonchev–Trinajstić information content (AvgIpc) is 3.19. The molecule has 2 heterocycles. The molecule has 0 radical (unpaired) electrons. The third-order valence-electron chi connectivity index (χ3n) is 9.05. The van der Waals surface area contributed by atoms with E-state index >= 15 is 0 Å². The van der Waals surface area contributed by atoms with E-state index in [1.54, 1.807) is 13.8 Å². The summed E-state index contributed by atoms with van der Waals surface area (Å²) < 4.78 is 6.37. The van der Waals surface area contributed by atoms with Crippen molar-refractivity contribution in [1.29, 1.82) is 0 Å². The molecule has 218 valence electrons. The topological polar surface area (TPSA) is 118 Å². The molecule has 1 saturated heterocycles. The molecule has 0 aromatic heterocycles. The number of carbonyl (C=O) groups is 1. The van der Waals surface area contributed by atoms with Gasteiger partial charge in [-0.05, 0) is 91.4 Å². The van der Waals surface area contributed by atoms with Gasteiger partial charge in [0.15, 0.2) is 0 Å². The van der Waals surface area contributed by atoms with E-state index in [-0.39, 0.29) is 41.7 Å². The van der Waals surface area contributed by atoms with Crippen LogP contribution >= 0.6 is 11.6 Å². The Labute approximate surface area is 233 Å². The third kappa shape index (κ3) is 7.28. The van der Waals surface area contributed by atoms with Gasteiger partial charge in [-0.25, -0.2) is 10.9 Å². The van der Waals surface area contributed by atoms with Gasteiger partial charge < -0.3 is 20.3 Å². The Kier molecular flexibility index (Phi) is 10.5. The molecule has 4 aliphatic rings. The number of halogens is 1. The number of nitrogens with one attached hydrogen (secondary N) is 3. The molecule has 10 heteroatoms. The van der Waals surface area contributed by atoms with Crippen molar-refractivity contribution in [3.05, 3.63) is 0 Å². The van der Waals surface area contributed by atoms with Crippen LogP contribution in [0.2, 0.25) is 0 Å². The number of nitrogens with zero attached hydrogens (tertiary/aromatic N) is 2. The second-order valence-electron chi connectivity index (χ2n) is 12.4. The third-order valence-corrected chi connectivity index (χ3v) is 9.49. The van der Waals surface area contributed by atoms with E-state index in [0.717, 1.165) is 44.9 Å². The van der Waals surface area contributed by atoms with Gasteiger partial charge in [-0.3, -0.25) is 14.7 Å². The van der Waals surface area contributed by atoms with Crippen LogP contribution in [0.4, 0.5) is 0 Å². The van der Waals surface area contributed by atoms with E-state index < -0.39 is 11.7 Å². The number of hydrazine groups is 1. The van der Waals surface area contributed by atoms with Gasteiger partial charge in [0, 0.05) is 36.2 Å². The number of carbonyl (C=O) groups excluding carboxylic acids is 1. The van der Waals surface area contributed by atoms with Gasteiger partial charge in [0.2, 0.25) is 5.91 Å². The van der Waals surface area contributed by atoms with E-state index in [0.29, 0.717) is 44.4 Å². The molecule has 1 amide bonds. The molecule has 0 aromatic carbocycles. The fraction of sp³-hybridized carbons (Fsp3) is 0.929. The Bertz CT molecular complexity index is 816. The quantitative estimate of drug-likeness (QED) is 0.208. The fourth-order valence-electron chi connectivity index (χ4n) is 6.94. The monoisotopic (exact) mass is 555 g/mol. The molecule has 2 aliphatic heterocycles. The molecule has 6 unspecified atom stereocenters. The van der Waals surface area contributed by atoms with E-state index in [4.69, 9.17) is 21.3 Å². The average molecular weight is 556 g/mol. The second-order valence-corrected chi connectivity index (χ2v) is 13.0. The fourth-order valence-corrected chi connectivity index (χ4v) is 7.19. The number of amides is 1. The number of fused-ring (bicyclic) bond motifs is 3. The first-order chi connectivity index (χ1) is 18.1. The molecule has 3 fully saturated rings. The van der Waals surface area contributed by atoms with Crippen molar-refractivity contribution in [1.82, 2.24) is 21.1 Å². The summed E-state index contributed by atoms with van der Waals surface area (Å²) in [5.41, 5.74) is 7.08. The van der Waals surface area contributed by atoms with Crippen LogP contribution in [-0.2, 0) is 9.53 Å². The molecular formula is C28H50ClN5O4. The summed E-state index contributed by atoms with van der Waals surface area (Å²) in [6, 6.07) is 0.178. The number of alkyl halides is 1. The summed E-state index contributed by atoms with van der Waals surface area (Å²) in [7, 11) is 0. The number of aliphatic hydroxyl groups is 2. The maximum atomic E-state index is 12.7. The van der Waals surface area contributed by atoms with Gasteiger partial charge in [0.1, 0.15) is 0 Å². The molecule has 38 heavy (non-hydrogen) atoms. The molecule has 0 bridgehead atoms. The number of aliphatic imine (C=N–C) groups is 1. The Morgan fingerprint density at radius 1 is 1.24 bits per heavy atom. The molecule has 4 rings (SSSR count). The van der Waals surface area contributed by atoms with Gasteiger partial charge in [0.05, 0.1) is 42.6 Å². The van der Waals surface area contributed by atoms with Gasteiger partial charge in [0.25, 0.3) is 0 Å². The van der Waals surface area contributed by atoms with Gasteiger partial charge >= 0.3 is 0 Å². The summed E-state index contributed by atoms with van der Waals surface area (Å²) >= 11 is 6.49. The summed E-state index contributed by atoms with van der Waals surface area (Å²) in [5, 5.41) is 23.4. The summed E-state index contributed by atoms with van der Waals surface area (Å²) in [6.07, 6.45) is 8.15. The van der Waals surface area contributed by atoms with E-state index in [9.17, 15) is 15.0 Å². The van der Waals surface area contributed by atoms with Crippen LogP contribution in [0.3, 0.4) is 0 Å². The highest BCUT2D eigenvalue weighted by molar-refractivity contribution is 6.20. The molecule has 0 spiro atoms. The largest absolute Gasteiger partial charge is 0.390 e. The minimum atomic E-state index is -1.10. The molecule has 2 saturated carbocycles.